The molecule has 0 amide bonds. The lowest BCUT2D eigenvalue weighted by atomic mass is 9.99. The molecule has 1 fully saturated rings. The Morgan fingerprint density at radius 2 is 2.23 bits per heavy atom. The molecular weight excluding hydrogens is 280 g/mol. The van der Waals surface area contributed by atoms with Crippen LogP contribution in [-0.4, -0.2) is 23.8 Å². The Morgan fingerprint density at radius 3 is 3.05 bits per heavy atom. The van der Waals surface area contributed by atoms with Crippen molar-refractivity contribution < 1.29 is 14.3 Å². The number of ether oxygens (including phenoxy) is 2. The SMILES string of the molecule is O=C=Nc1c(-c2ccnc(OC3CC3)c2)ccc2c1CCO2. The van der Waals surface area contributed by atoms with Gasteiger partial charge in [-0.2, -0.15) is 4.99 Å². The van der Waals surface area contributed by atoms with Gasteiger partial charge in [0.2, 0.25) is 12.0 Å². The molecule has 2 aromatic rings. The fourth-order valence-corrected chi connectivity index (χ4v) is 2.66. The topological polar surface area (TPSA) is 60.8 Å². The minimum absolute atomic E-state index is 0.295. The summed E-state index contributed by atoms with van der Waals surface area (Å²) in [7, 11) is 0. The zero-order chi connectivity index (χ0) is 14.9. The summed E-state index contributed by atoms with van der Waals surface area (Å²) in [6, 6.07) is 7.61. The molecule has 1 aliphatic heterocycles. The van der Waals surface area contributed by atoms with Gasteiger partial charge in [0.15, 0.2) is 0 Å². The van der Waals surface area contributed by atoms with Crippen LogP contribution in [0.4, 0.5) is 5.69 Å². The Bertz CT molecular complexity index is 777. The standard InChI is InChI=1S/C17H14N2O3/c20-10-19-17-13(3-4-15-14(17)6-8-21-15)11-5-7-18-16(9-11)22-12-1-2-12/h3-5,7,9,12H,1-2,6,8H2. The summed E-state index contributed by atoms with van der Waals surface area (Å²) in [5, 5.41) is 0. The summed E-state index contributed by atoms with van der Waals surface area (Å²) >= 11 is 0. The van der Waals surface area contributed by atoms with E-state index < -0.39 is 0 Å². The number of aromatic nitrogens is 1. The molecule has 5 heteroatoms. The summed E-state index contributed by atoms with van der Waals surface area (Å²) in [6.07, 6.45) is 6.58. The van der Waals surface area contributed by atoms with Crippen LogP contribution in [0.5, 0.6) is 11.6 Å². The predicted octanol–water partition coefficient (Wildman–Crippen LogP) is 3.19. The average Bonchev–Trinajstić information content (AvgIpc) is 3.21. The summed E-state index contributed by atoms with van der Waals surface area (Å²) in [5.74, 6) is 1.40. The normalized spacial score (nSPS) is 15.6. The Morgan fingerprint density at radius 1 is 1.32 bits per heavy atom. The molecule has 2 heterocycles. The average molecular weight is 294 g/mol. The van der Waals surface area contributed by atoms with Crippen molar-refractivity contribution >= 4 is 11.8 Å². The highest BCUT2D eigenvalue weighted by molar-refractivity contribution is 5.82. The molecule has 0 bridgehead atoms. The van der Waals surface area contributed by atoms with Crippen LogP contribution >= 0.6 is 0 Å². The lowest BCUT2D eigenvalue weighted by Crippen LogP contribution is -1.98. The lowest BCUT2D eigenvalue weighted by Gasteiger charge is -2.10. The Labute approximate surface area is 127 Å². The number of carbonyl (C=O) groups excluding carboxylic acids is 1. The van der Waals surface area contributed by atoms with Crippen LogP contribution in [0.1, 0.15) is 18.4 Å². The van der Waals surface area contributed by atoms with E-state index >= 15 is 0 Å². The van der Waals surface area contributed by atoms with Crippen LogP contribution in [-0.2, 0) is 11.2 Å². The van der Waals surface area contributed by atoms with E-state index in [1.165, 1.54) is 0 Å². The van der Waals surface area contributed by atoms with E-state index in [2.05, 4.69) is 9.98 Å². The fourth-order valence-electron chi connectivity index (χ4n) is 2.66. The Kier molecular flexibility index (Phi) is 3.13. The number of aliphatic imine (C=N–C) groups is 1. The first kappa shape index (κ1) is 13.0. The highest BCUT2D eigenvalue weighted by Crippen LogP contribution is 2.41. The van der Waals surface area contributed by atoms with Crippen LogP contribution in [0, 0.1) is 0 Å². The molecule has 1 saturated carbocycles. The van der Waals surface area contributed by atoms with Crippen molar-refractivity contribution in [2.45, 2.75) is 25.4 Å². The molecule has 5 nitrogen and oxygen atoms in total. The van der Waals surface area contributed by atoms with Crippen LogP contribution in [0.15, 0.2) is 35.5 Å². The number of pyridine rings is 1. The van der Waals surface area contributed by atoms with Gasteiger partial charge in [0.05, 0.1) is 12.3 Å². The highest BCUT2D eigenvalue weighted by atomic mass is 16.5. The van der Waals surface area contributed by atoms with Crippen molar-refractivity contribution in [3.05, 3.63) is 36.0 Å². The number of nitrogens with zero attached hydrogens (tertiary/aromatic N) is 2. The molecular formula is C17H14N2O3. The van der Waals surface area contributed by atoms with Crippen LogP contribution in [0.2, 0.25) is 0 Å². The molecule has 0 unspecified atom stereocenters. The first-order valence-corrected chi connectivity index (χ1v) is 7.35. The summed E-state index contributed by atoms with van der Waals surface area (Å²) in [4.78, 5) is 19.0. The van der Waals surface area contributed by atoms with Gasteiger partial charge in [-0.3, -0.25) is 0 Å². The summed E-state index contributed by atoms with van der Waals surface area (Å²) in [5.41, 5.74) is 3.39. The zero-order valence-electron chi connectivity index (χ0n) is 11.9. The van der Waals surface area contributed by atoms with Crippen LogP contribution in [0.3, 0.4) is 0 Å². The second-order valence-electron chi connectivity index (χ2n) is 5.44. The minimum Gasteiger partial charge on any atom is -0.493 e. The number of rotatable bonds is 4. The molecule has 1 aliphatic carbocycles. The largest absolute Gasteiger partial charge is 0.493 e. The van der Waals surface area contributed by atoms with E-state index in [9.17, 15) is 4.79 Å². The van der Waals surface area contributed by atoms with Gasteiger partial charge in [-0.05, 0) is 36.6 Å². The van der Waals surface area contributed by atoms with Crippen LogP contribution < -0.4 is 9.47 Å². The van der Waals surface area contributed by atoms with Gasteiger partial charge in [0.1, 0.15) is 11.9 Å². The Balaban J connectivity index is 1.80. The van der Waals surface area contributed by atoms with Crippen molar-refractivity contribution in [3.8, 4) is 22.8 Å². The van der Waals surface area contributed by atoms with Crippen molar-refractivity contribution in [2.24, 2.45) is 4.99 Å². The highest BCUT2D eigenvalue weighted by Gasteiger charge is 2.24. The molecule has 0 radical (unpaired) electrons. The van der Waals surface area contributed by atoms with E-state index in [0.717, 1.165) is 41.7 Å². The second kappa shape index (κ2) is 5.28. The second-order valence-corrected chi connectivity index (χ2v) is 5.44. The maximum Gasteiger partial charge on any atom is 0.240 e. The minimum atomic E-state index is 0.295. The molecule has 22 heavy (non-hydrogen) atoms. The number of benzene rings is 1. The molecule has 2 aliphatic rings. The maximum atomic E-state index is 10.8. The first-order chi connectivity index (χ1) is 10.8. The first-order valence-electron chi connectivity index (χ1n) is 7.35. The van der Waals surface area contributed by atoms with E-state index in [1.807, 2.05) is 24.3 Å². The van der Waals surface area contributed by atoms with Gasteiger partial charge >= 0.3 is 0 Å². The molecule has 4 rings (SSSR count). The van der Waals surface area contributed by atoms with Crippen molar-refractivity contribution in [1.29, 1.82) is 0 Å². The molecule has 0 atom stereocenters. The monoisotopic (exact) mass is 294 g/mol. The molecule has 0 saturated heterocycles. The van der Waals surface area contributed by atoms with E-state index in [0.29, 0.717) is 24.3 Å². The molecule has 1 aromatic heterocycles. The lowest BCUT2D eigenvalue weighted by molar-refractivity contribution is 0.291. The number of isocyanates is 1. The molecule has 0 N–H and O–H groups in total. The van der Waals surface area contributed by atoms with Crippen LogP contribution in [0.25, 0.3) is 11.1 Å². The fraction of sp³-hybridized carbons (Fsp3) is 0.294. The smallest absolute Gasteiger partial charge is 0.240 e. The number of fused-ring (bicyclic) bond motifs is 1. The van der Waals surface area contributed by atoms with Crippen molar-refractivity contribution in [2.75, 3.05) is 6.61 Å². The van der Waals surface area contributed by atoms with Crippen molar-refractivity contribution in [1.82, 2.24) is 4.98 Å². The summed E-state index contributed by atoms with van der Waals surface area (Å²) in [6.45, 7) is 0.618. The molecule has 1 aromatic carbocycles. The Hall–Kier alpha value is -2.65. The van der Waals surface area contributed by atoms with Gasteiger partial charge in [-0.15, -0.1) is 0 Å². The zero-order valence-corrected chi connectivity index (χ0v) is 11.9. The van der Waals surface area contributed by atoms with Gasteiger partial charge in [0.25, 0.3) is 0 Å². The number of hydrogen-bond donors (Lipinski definition) is 0. The van der Waals surface area contributed by atoms with Gasteiger partial charge in [-0.25, -0.2) is 9.78 Å². The van der Waals surface area contributed by atoms with Gasteiger partial charge in [-0.1, -0.05) is 0 Å². The van der Waals surface area contributed by atoms with Gasteiger partial charge in [0, 0.05) is 29.8 Å². The van der Waals surface area contributed by atoms with E-state index in [-0.39, 0.29) is 0 Å². The molecule has 0 spiro atoms. The van der Waals surface area contributed by atoms with Gasteiger partial charge < -0.3 is 9.47 Å². The third-order valence-electron chi connectivity index (χ3n) is 3.86. The quantitative estimate of drug-likeness (QED) is 0.642. The van der Waals surface area contributed by atoms with E-state index in [4.69, 9.17) is 9.47 Å². The molecule has 110 valence electrons. The predicted molar refractivity (Wildman–Crippen MR) is 80.3 cm³/mol. The summed E-state index contributed by atoms with van der Waals surface area (Å²) < 4.78 is 11.3. The van der Waals surface area contributed by atoms with Crippen molar-refractivity contribution in [3.63, 3.8) is 0 Å². The third kappa shape index (κ3) is 2.36. The maximum absolute atomic E-state index is 10.8. The number of hydrogen-bond acceptors (Lipinski definition) is 5. The van der Waals surface area contributed by atoms with E-state index in [1.54, 1.807) is 12.3 Å². The third-order valence-corrected chi connectivity index (χ3v) is 3.86.